The maximum Gasteiger partial charge on any atom is 0.153 e. The van der Waals surface area contributed by atoms with Crippen LogP contribution in [0.15, 0.2) is 24.4 Å². The van der Waals surface area contributed by atoms with Crippen LogP contribution in [-0.2, 0) is 6.61 Å². The zero-order valence-electron chi connectivity index (χ0n) is 10.9. The van der Waals surface area contributed by atoms with E-state index < -0.39 is 0 Å². The molecule has 0 spiro atoms. The molecule has 1 fully saturated rings. The molecular weight excluding hydrogens is 226 g/mol. The lowest BCUT2D eigenvalue weighted by molar-refractivity contribution is 0.276. The third-order valence-corrected chi connectivity index (χ3v) is 3.73. The number of fused-ring (bicyclic) bond motifs is 1. The van der Waals surface area contributed by atoms with Crippen LogP contribution < -0.4 is 4.90 Å². The van der Waals surface area contributed by atoms with Crippen molar-refractivity contribution in [3.63, 3.8) is 0 Å². The molecule has 2 aromatic rings. The van der Waals surface area contributed by atoms with Gasteiger partial charge < -0.3 is 10.0 Å². The zero-order valence-corrected chi connectivity index (χ0v) is 10.9. The van der Waals surface area contributed by atoms with Crippen LogP contribution in [0.4, 0.5) is 5.82 Å². The largest absolute Gasteiger partial charge is 0.390 e. The maximum atomic E-state index is 9.61. The summed E-state index contributed by atoms with van der Waals surface area (Å²) in [5, 5.41) is 9.61. The quantitative estimate of drug-likeness (QED) is 0.880. The van der Waals surface area contributed by atoms with Gasteiger partial charge >= 0.3 is 0 Å². The third kappa shape index (κ3) is 1.77. The van der Waals surface area contributed by atoms with E-state index in [9.17, 15) is 5.11 Å². The van der Waals surface area contributed by atoms with E-state index in [1.165, 1.54) is 6.42 Å². The molecule has 0 aliphatic carbocycles. The van der Waals surface area contributed by atoms with Gasteiger partial charge in [0.15, 0.2) is 5.82 Å². The van der Waals surface area contributed by atoms with Gasteiger partial charge in [0.2, 0.25) is 0 Å². The molecule has 4 heteroatoms. The van der Waals surface area contributed by atoms with Crippen LogP contribution in [0.3, 0.4) is 0 Å². The summed E-state index contributed by atoms with van der Waals surface area (Å²) in [6, 6.07) is 5.91. The van der Waals surface area contributed by atoms with Crippen molar-refractivity contribution in [2.75, 3.05) is 18.0 Å². The molecule has 0 saturated carbocycles. The smallest absolute Gasteiger partial charge is 0.153 e. The van der Waals surface area contributed by atoms with Crippen molar-refractivity contribution in [2.24, 2.45) is 5.41 Å². The fraction of sp³-hybridized carbons (Fsp3) is 0.500. The van der Waals surface area contributed by atoms with Gasteiger partial charge in [-0.1, -0.05) is 19.9 Å². The molecule has 0 radical (unpaired) electrons. The summed E-state index contributed by atoms with van der Waals surface area (Å²) >= 11 is 0. The van der Waals surface area contributed by atoms with Gasteiger partial charge in [-0.05, 0) is 24.0 Å². The highest BCUT2D eigenvalue weighted by molar-refractivity contribution is 5.56. The molecule has 1 N–H and O–H groups in total. The van der Waals surface area contributed by atoms with Gasteiger partial charge in [-0.2, -0.15) is 0 Å². The number of aliphatic hydroxyl groups excluding tert-OH is 1. The Kier molecular flexibility index (Phi) is 2.55. The molecule has 0 aromatic carbocycles. The average molecular weight is 245 g/mol. The topological polar surface area (TPSA) is 40.8 Å². The monoisotopic (exact) mass is 245 g/mol. The first-order valence-electron chi connectivity index (χ1n) is 6.42. The van der Waals surface area contributed by atoms with E-state index in [4.69, 9.17) is 0 Å². The Morgan fingerprint density at radius 1 is 1.39 bits per heavy atom. The molecule has 2 aromatic heterocycles. The highest BCUT2D eigenvalue weighted by atomic mass is 16.3. The van der Waals surface area contributed by atoms with Gasteiger partial charge in [-0.25, -0.2) is 4.98 Å². The summed E-state index contributed by atoms with van der Waals surface area (Å²) in [5.41, 5.74) is 2.13. The molecule has 18 heavy (non-hydrogen) atoms. The highest BCUT2D eigenvalue weighted by Gasteiger charge is 2.31. The predicted octanol–water partition coefficient (Wildman–Crippen LogP) is 2.06. The Balaban J connectivity index is 2.07. The first kappa shape index (κ1) is 11.5. The lowest BCUT2D eigenvalue weighted by Gasteiger charge is -2.20. The Morgan fingerprint density at radius 2 is 2.22 bits per heavy atom. The average Bonchev–Trinajstić information content (AvgIpc) is 2.88. The van der Waals surface area contributed by atoms with Gasteiger partial charge in [0.25, 0.3) is 0 Å². The lowest BCUT2D eigenvalue weighted by Crippen LogP contribution is -2.24. The second-order valence-corrected chi connectivity index (χ2v) is 5.80. The van der Waals surface area contributed by atoms with Crippen molar-refractivity contribution in [3.05, 3.63) is 30.1 Å². The van der Waals surface area contributed by atoms with Crippen molar-refractivity contribution < 1.29 is 5.11 Å². The van der Waals surface area contributed by atoms with Crippen molar-refractivity contribution in [1.29, 1.82) is 0 Å². The fourth-order valence-corrected chi connectivity index (χ4v) is 2.73. The summed E-state index contributed by atoms with van der Waals surface area (Å²) in [6.45, 7) is 6.61. The number of hydrogen-bond donors (Lipinski definition) is 1. The summed E-state index contributed by atoms with van der Waals surface area (Å²) in [7, 11) is 0. The van der Waals surface area contributed by atoms with Crippen molar-refractivity contribution >= 4 is 11.5 Å². The minimum atomic E-state index is 0.0252. The number of aliphatic hydroxyl groups is 1. The van der Waals surface area contributed by atoms with E-state index in [2.05, 4.69) is 23.7 Å². The molecule has 0 bridgehead atoms. The summed E-state index contributed by atoms with van der Waals surface area (Å²) < 4.78 is 1.97. The van der Waals surface area contributed by atoms with Gasteiger partial charge in [-0.3, -0.25) is 4.40 Å². The first-order valence-corrected chi connectivity index (χ1v) is 6.42. The molecule has 0 atom stereocenters. The number of hydrogen-bond acceptors (Lipinski definition) is 3. The summed E-state index contributed by atoms with van der Waals surface area (Å²) in [5.74, 6) is 0.939. The summed E-state index contributed by atoms with van der Waals surface area (Å²) in [4.78, 5) is 6.95. The molecule has 1 aliphatic heterocycles. The number of rotatable bonds is 2. The number of pyridine rings is 1. The predicted molar refractivity (Wildman–Crippen MR) is 71.7 cm³/mol. The number of imidazole rings is 1. The molecule has 4 nitrogen and oxygen atoms in total. The van der Waals surface area contributed by atoms with Gasteiger partial charge in [0.05, 0.1) is 12.3 Å². The second-order valence-electron chi connectivity index (χ2n) is 5.80. The number of nitrogens with zero attached hydrogens (tertiary/aromatic N) is 3. The molecule has 96 valence electrons. The molecule has 0 unspecified atom stereocenters. The van der Waals surface area contributed by atoms with Crippen LogP contribution in [0.2, 0.25) is 0 Å². The standard InChI is InChI=1S/C14H19N3O/c1-14(2)6-8-16(10-14)13-11(9-18)17-7-4-3-5-12(17)15-13/h3-5,7,18H,6,8-10H2,1-2H3. The van der Waals surface area contributed by atoms with Gasteiger partial charge in [-0.15, -0.1) is 0 Å². The molecule has 3 rings (SSSR count). The Labute approximate surface area is 107 Å². The van der Waals surface area contributed by atoms with E-state index in [0.29, 0.717) is 5.41 Å². The first-order chi connectivity index (χ1) is 8.61. The van der Waals surface area contributed by atoms with Crippen LogP contribution in [0.5, 0.6) is 0 Å². The van der Waals surface area contributed by atoms with Crippen molar-refractivity contribution in [1.82, 2.24) is 9.38 Å². The highest BCUT2D eigenvalue weighted by Crippen LogP contribution is 2.33. The molecule has 1 saturated heterocycles. The van der Waals surface area contributed by atoms with Crippen LogP contribution in [0.25, 0.3) is 5.65 Å². The number of aromatic nitrogens is 2. The minimum Gasteiger partial charge on any atom is -0.390 e. The van der Waals surface area contributed by atoms with Gasteiger partial charge in [0, 0.05) is 19.3 Å². The van der Waals surface area contributed by atoms with Crippen LogP contribution in [-0.4, -0.2) is 27.6 Å². The molecule has 0 amide bonds. The maximum absolute atomic E-state index is 9.61. The Morgan fingerprint density at radius 3 is 2.89 bits per heavy atom. The second kappa shape index (κ2) is 3.99. The van der Waals surface area contributed by atoms with E-state index in [1.54, 1.807) is 0 Å². The van der Waals surface area contributed by atoms with E-state index in [1.807, 2.05) is 28.8 Å². The Hall–Kier alpha value is -1.55. The van der Waals surface area contributed by atoms with Gasteiger partial charge in [0.1, 0.15) is 5.65 Å². The summed E-state index contributed by atoms with van der Waals surface area (Å²) in [6.07, 6.45) is 3.13. The minimum absolute atomic E-state index is 0.0252. The third-order valence-electron chi connectivity index (χ3n) is 3.73. The fourth-order valence-electron chi connectivity index (χ4n) is 2.73. The molecule has 1 aliphatic rings. The van der Waals surface area contributed by atoms with E-state index in [0.717, 1.165) is 30.2 Å². The Bertz CT molecular complexity index is 573. The molecule has 3 heterocycles. The van der Waals surface area contributed by atoms with Crippen LogP contribution in [0.1, 0.15) is 26.0 Å². The lowest BCUT2D eigenvalue weighted by atomic mass is 9.93. The van der Waals surface area contributed by atoms with E-state index >= 15 is 0 Å². The molecular formula is C14H19N3O. The van der Waals surface area contributed by atoms with Crippen LogP contribution >= 0.6 is 0 Å². The van der Waals surface area contributed by atoms with Crippen molar-refractivity contribution in [3.8, 4) is 0 Å². The normalized spacial score (nSPS) is 18.7. The van der Waals surface area contributed by atoms with E-state index in [-0.39, 0.29) is 6.61 Å². The SMILES string of the molecule is CC1(C)CCN(c2nc3ccccn3c2CO)C1. The van der Waals surface area contributed by atoms with Crippen molar-refractivity contribution in [2.45, 2.75) is 26.9 Å². The van der Waals surface area contributed by atoms with Crippen LogP contribution in [0, 0.1) is 5.41 Å². The number of anilines is 1. The zero-order chi connectivity index (χ0) is 12.8.